The quantitative estimate of drug-likeness (QED) is 0.598. The molecule has 2 aromatic rings. The van der Waals surface area contributed by atoms with Gasteiger partial charge in [0.15, 0.2) is 23.0 Å². The minimum atomic E-state index is -0.385. The largest absolute Gasteiger partial charge is 0.502 e. The fraction of sp³-hybridized carbons (Fsp3) is 0.455. The van der Waals surface area contributed by atoms with Gasteiger partial charge < -0.3 is 39.0 Å². The van der Waals surface area contributed by atoms with Gasteiger partial charge in [0.2, 0.25) is 11.5 Å². The van der Waals surface area contributed by atoms with Crippen molar-refractivity contribution in [3.8, 4) is 34.5 Å². The van der Waals surface area contributed by atoms with Gasteiger partial charge >= 0.3 is 0 Å². The highest BCUT2D eigenvalue weighted by Crippen LogP contribution is 2.46. The number of hydrogen-bond acceptors (Lipinski definition) is 8. The van der Waals surface area contributed by atoms with Crippen molar-refractivity contribution in [3.05, 3.63) is 35.4 Å². The summed E-state index contributed by atoms with van der Waals surface area (Å²) in [5.74, 6) is 0.914. The summed E-state index contributed by atoms with van der Waals surface area (Å²) in [4.78, 5) is 0. The van der Waals surface area contributed by atoms with Gasteiger partial charge in [-0.05, 0) is 47.7 Å². The monoisotopic (exact) mass is 420 g/mol. The summed E-state index contributed by atoms with van der Waals surface area (Å²) in [6, 6.07) is 6.90. The maximum absolute atomic E-state index is 10.2. The highest BCUT2D eigenvalue weighted by molar-refractivity contribution is 5.54. The van der Waals surface area contributed by atoms with Crippen LogP contribution in [0, 0.1) is 11.8 Å². The fourth-order valence-electron chi connectivity index (χ4n) is 3.97. The van der Waals surface area contributed by atoms with Crippen LogP contribution < -0.4 is 18.9 Å². The normalized spacial score (nSPS) is 20.8. The van der Waals surface area contributed by atoms with Crippen LogP contribution in [0.15, 0.2) is 24.3 Å². The number of phenolic OH excluding ortho intramolecular Hbond substituents is 2. The first-order valence-corrected chi connectivity index (χ1v) is 9.58. The predicted octanol–water partition coefficient (Wildman–Crippen LogP) is 2.67. The molecular weight excluding hydrogens is 392 g/mol. The third-order valence-electron chi connectivity index (χ3n) is 5.56. The predicted molar refractivity (Wildman–Crippen MR) is 109 cm³/mol. The van der Waals surface area contributed by atoms with Crippen molar-refractivity contribution in [1.29, 1.82) is 0 Å². The summed E-state index contributed by atoms with van der Waals surface area (Å²) >= 11 is 0. The van der Waals surface area contributed by atoms with Crippen molar-refractivity contribution >= 4 is 0 Å². The number of methoxy groups -OCH3 is 4. The first-order chi connectivity index (χ1) is 14.5. The molecule has 1 heterocycles. The molecule has 164 valence electrons. The summed E-state index contributed by atoms with van der Waals surface area (Å²) in [7, 11) is 5.89. The van der Waals surface area contributed by atoms with Crippen LogP contribution in [0.1, 0.15) is 17.2 Å². The number of phenols is 2. The first kappa shape index (κ1) is 21.9. The van der Waals surface area contributed by atoms with Crippen LogP contribution in [0.2, 0.25) is 0 Å². The highest BCUT2D eigenvalue weighted by atomic mass is 16.5. The van der Waals surface area contributed by atoms with E-state index < -0.39 is 0 Å². The van der Waals surface area contributed by atoms with Gasteiger partial charge in [0.25, 0.3) is 0 Å². The number of aliphatic hydroxyl groups excluding tert-OH is 1. The van der Waals surface area contributed by atoms with Crippen molar-refractivity contribution in [2.45, 2.75) is 12.5 Å². The number of rotatable bonds is 8. The minimum Gasteiger partial charge on any atom is -0.502 e. The second-order valence-electron chi connectivity index (χ2n) is 7.19. The standard InChI is InChI=1S/C22H28O8/c1-26-16-6-12(7-17(27-2)20(16)24)5-14-11-30-22(15(14)10-23)13-8-18(28-3)21(25)19(9-13)29-4/h6-9,14-15,22-25H,5,10-11H2,1-4H3. The summed E-state index contributed by atoms with van der Waals surface area (Å²) in [5, 5.41) is 30.4. The molecule has 1 fully saturated rings. The van der Waals surface area contributed by atoms with E-state index in [0.29, 0.717) is 24.5 Å². The van der Waals surface area contributed by atoms with Crippen LogP contribution in [0.25, 0.3) is 0 Å². The summed E-state index contributed by atoms with van der Waals surface area (Å²) < 4.78 is 27.0. The topological polar surface area (TPSA) is 107 Å². The lowest BCUT2D eigenvalue weighted by Gasteiger charge is -2.23. The molecule has 0 aliphatic carbocycles. The number of aromatic hydroxyl groups is 2. The Morgan fingerprint density at radius 3 is 1.73 bits per heavy atom. The molecule has 0 amide bonds. The Morgan fingerprint density at radius 2 is 1.30 bits per heavy atom. The number of benzene rings is 2. The van der Waals surface area contributed by atoms with Crippen LogP contribution in [0.3, 0.4) is 0 Å². The number of aliphatic hydroxyl groups is 1. The van der Waals surface area contributed by atoms with Crippen LogP contribution in [0.5, 0.6) is 34.5 Å². The Kier molecular flexibility index (Phi) is 6.79. The lowest BCUT2D eigenvalue weighted by atomic mass is 9.84. The Balaban J connectivity index is 1.88. The van der Waals surface area contributed by atoms with Crippen LogP contribution in [0.4, 0.5) is 0 Å². The maximum Gasteiger partial charge on any atom is 0.200 e. The van der Waals surface area contributed by atoms with E-state index in [1.54, 1.807) is 24.3 Å². The number of ether oxygens (including phenoxy) is 5. The van der Waals surface area contributed by atoms with E-state index in [0.717, 1.165) is 11.1 Å². The molecule has 3 rings (SSSR count). The van der Waals surface area contributed by atoms with Gasteiger partial charge in [-0.1, -0.05) is 0 Å². The molecule has 0 bridgehead atoms. The fourth-order valence-corrected chi connectivity index (χ4v) is 3.97. The van der Waals surface area contributed by atoms with Crippen molar-refractivity contribution < 1.29 is 39.0 Å². The Labute approximate surface area is 175 Å². The molecule has 3 atom stereocenters. The zero-order valence-electron chi connectivity index (χ0n) is 17.5. The Hall–Kier alpha value is -2.84. The average Bonchev–Trinajstić information content (AvgIpc) is 3.17. The van der Waals surface area contributed by atoms with Gasteiger partial charge in [0.1, 0.15) is 0 Å². The van der Waals surface area contributed by atoms with Gasteiger partial charge in [-0.3, -0.25) is 0 Å². The second-order valence-corrected chi connectivity index (χ2v) is 7.19. The molecule has 0 radical (unpaired) electrons. The Morgan fingerprint density at radius 1 is 0.833 bits per heavy atom. The van der Waals surface area contributed by atoms with Crippen LogP contribution in [-0.4, -0.2) is 57.0 Å². The molecule has 1 saturated heterocycles. The van der Waals surface area contributed by atoms with E-state index in [9.17, 15) is 15.3 Å². The smallest absolute Gasteiger partial charge is 0.200 e. The third-order valence-corrected chi connectivity index (χ3v) is 5.56. The molecule has 3 N–H and O–H groups in total. The summed E-state index contributed by atoms with van der Waals surface area (Å²) in [6.07, 6.45) is 0.213. The van der Waals surface area contributed by atoms with E-state index >= 15 is 0 Å². The van der Waals surface area contributed by atoms with Gasteiger partial charge in [-0.25, -0.2) is 0 Å². The lowest BCUT2D eigenvalue weighted by molar-refractivity contribution is 0.0715. The molecule has 2 aromatic carbocycles. The van der Waals surface area contributed by atoms with Gasteiger partial charge in [0, 0.05) is 12.5 Å². The molecule has 3 unspecified atom stereocenters. The van der Waals surface area contributed by atoms with Gasteiger partial charge in [-0.2, -0.15) is 0 Å². The average molecular weight is 420 g/mol. The molecule has 0 saturated carbocycles. The zero-order chi connectivity index (χ0) is 21.8. The maximum atomic E-state index is 10.2. The van der Waals surface area contributed by atoms with Crippen molar-refractivity contribution in [2.24, 2.45) is 11.8 Å². The van der Waals surface area contributed by atoms with Crippen molar-refractivity contribution in [1.82, 2.24) is 0 Å². The molecule has 0 aromatic heterocycles. The van der Waals surface area contributed by atoms with E-state index in [1.807, 2.05) is 0 Å². The van der Waals surface area contributed by atoms with E-state index in [-0.39, 0.29) is 47.5 Å². The van der Waals surface area contributed by atoms with E-state index in [2.05, 4.69) is 0 Å². The molecule has 30 heavy (non-hydrogen) atoms. The number of hydrogen-bond donors (Lipinski definition) is 3. The Bertz CT molecular complexity index is 831. The first-order valence-electron chi connectivity index (χ1n) is 9.58. The molecular formula is C22H28O8. The lowest BCUT2D eigenvalue weighted by Crippen LogP contribution is -2.21. The third kappa shape index (κ3) is 4.06. The zero-order valence-corrected chi connectivity index (χ0v) is 17.5. The molecule has 8 nitrogen and oxygen atoms in total. The second kappa shape index (κ2) is 9.32. The van der Waals surface area contributed by atoms with Gasteiger partial charge in [0.05, 0.1) is 41.2 Å². The van der Waals surface area contributed by atoms with E-state index in [1.165, 1.54) is 28.4 Å². The SMILES string of the molecule is COc1cc(CC2COC(c3cc(OC)c(O)c(OC)c3)C2CO)cc(OC)c1O. The summed E-state index contributed by atoms with van der Waals surface area (Å²) in [5.41, 5.74) is 1.65. The molecule has 1 aliphatic heterocycles. The van der Waals surface area contributed by atoms with Crippen LogP contribution >= 0.6 is 0 Å². The highest BCUT2D eigenvalue weighted by Gasteiger charge is 2.38. The van der Waals surface area contributed by atoms with Crippen molar-refractivity contribution in [2.75, 3.05) is 41.7 Å². The summed E-state index contributed by atoms with van der Waals surface area (Å²) in [6.45, 7) is 0.361. The minimum absolute atomic E-state index is 0.0183. The van der Waals surface area contributed by atoms with Crippen molar-refractivity contribution in [3.63, 3.8) is 0 Å². The molecule has 0 spiro atoms. The molecule has 8 heteroatoms. The van der Waals surface area contributed by atoms with Gasteiger partial charge in [-0.15, -0.1) is 0 Å². The molecule has 1 aliphatic rings. The van der Waals surface area contributed by atoms with Crippen LogP contribution in [-0.2, 0) is 11.2 Å². The van der Waals surface area contributed by atoms with E-state index in [4.69, 9.17) is 23.7 Å².